The molecule has 0 atom stereocenters. The molecule has 0 saturated carbocycles. The third kappa shape index (κ3) is 2.88. The summed E-state index contributed by atoms with van der Waals surface area (Å²) in [5, 5.41) is 31.6. The quantitative estimate of drug-likeness (QED) is 0.387. The lowest BCUT2D eigenvalue weighted by molar-refractivity contribution is 0.102. The van der Waals surface area contributed by atoms with Gasteiger partial charge in [-0.3, -0.25) is 4.79 Å². The van der Waals surface area contributed by atoms with E-state index in [1.54, 1.807) is 13.0 Å². The lowest BCUT2D eigenvalue weighted by Gasteiger charge is -2.13. The normalized spacial score (nSPS) is 10.3. The van der Waals surface area contributed by atoms with Gasteiger partial charge in [0, 0.05) is 24.6 Å². The molecule has 2 aromatic carbocycles. The summed E-state index contributed by atoms with van der Waals surface area (Å²) in [6.45, 7) is 3.22. The molecular formula is C15H14B2NO4. The number of carbonyl (C=O) groups excluding carboxylic acids is 1. The fraction of sp³-hybridized carbons (Fsp3) is 0.133. The van der Waals surface area contributed by atoms with Crippen molar-refractivity contribution in [1.82, 2.24) is 0 Å². The highest BCUT2D eigenvalue weighted by molar-refractivity contribution is 6.98. The molecule has 0 unspecified atom stereocenters. The number of anilines is 1. The van der Waals surface area contributed by atoms with Crippen LogP contribution in [0, 0.1) is 13.8 Å². The first kappa shape index (κ1) is 15.8. The maximum absolute atomic E-state index is 12.3. The molecule has 0 bridgehead atoms. The number of aryl methyl sites for hydroxylation is 1. The maximum atomic E-state index is 12.3. The molecule has 2 aromatic rings. The number of phenols is 3. The van der Waals surface area contributed by atoms with Gasteiger partial charge in [0.1, 0.15) is 12.9 Å². The molecular weight excluding hydrogens is 280 g/mol. The Bertz CT molecular complexity index is 747. The zero-order valence-electron chi connectivity index (χ0n) is 12.2. The van der Waals surface area contributed by atoms with Crippen LogP contribution in [0.25, 0.3) is 0 Å². The summed E-state index contributed by atoms with van der Waals surface area (Å²) in [5.41, 5.74) is 1.95. The van der Waals surface area contributed by atoms with E-state index in [9.17, 15) is 20.1 Å². The number of carbonyl (C=O) groups is 1. The van der Waals surface area contributed by atoms with Crippen LogP contribution in [0.1, 0.15) is 21.5 Å². The summed E-state index contributed by atoms with van der Waals surface area (Å²) in [7, 11) is 6.68. The molecule has 7 heteroatoms. The number of rotatable bonds is 3. The van der Waals surface area contributed by atoms with Gasteiger partial charge in [-0.1, -0.05) is 5.46 Å². The van der Waals surface area contributed by atoms with Gasteiger partial charge in [0.2, 0.25) is 0 Å². The van der Waals surface area contributed by atoms with E-state index in [1.165, 1.54) is 32.3 Å². The van der Waals surface area contributed by atoms with Gasteiger partial charge in [-0.15, -0.1) is 0 Å². The lowest BCUT2D eigenvalue weighted by atomic mass is 9.51. The van der Waals surface area contributed by atoms with Crippen LogP contribution in [-0.2, 0) is 0 Å². The molecule has 3 radical (unpaired) electrons. The molecule has 1 amide bonds. The second-order valence-corrected chi connectivity index (χ2v) is 4.96. The largest absolute Gasteiger partial charge is 0.508 e. The Kier molecular flexibility index (Phi) is 4.35. The molecule has 109 valence electrons. The van der Waals surface area contributed by atoms with Gasteiger partial charge in [0.05, 0.1) is 0 Å². The lowest BCUT2D eigenvalue weighted by Crippen LogP contribution is -2.19. The van der Waals surface area contributed by atoms with Crippen LogP contribution in [0.4, 0.5) is 5.69 Å². The molecule has 0 saturated heterocycles. The second kappa shape index (κ2) is 6.05. The number of hydrogen-bond donors (Lipinski definition) is 4. The zero-order valence-corrected chi connectivity index (χ0v) is 12.2. The van der Waals surface area contributed by atoms with Crippen LogP contribution in [0.2, 0.25) is 0 Å². The summed E-state index contributed by atoms with van der Waals surface area (Å²) >= 11 is 0. The van der Waals surface area contributed by atoms with Crippen molar-refractivity contribution in [2.45, 2.75) is 13.8 Å². The van der Waals surface area contributed by atoms with Gasteiger partial charge >= 0.3 is 0 Å². The van der Waals surface area contributed by atoms with E-state index in [4.69, 9.17) is 7.74 Å². The molecule has 0 aromatic heterocycles. The fourth-order valence-electron chi connectivity index (χ4n) is 2.14. The van der Waals surface area contributed by atoms with Crippen LogP contribution in [0.3, 0.4) is 0 Å². The Balaban J connectivity index is 2.34. The van der Waals surface area contributed by atoms with Crippen LogP contribution in [0.5, 0.6) is 17.2 Å². The van der Waals surface area contributed by atoms with E-state index in [1.807, 2.05) is 0 Å². The molecule has 0 heterocycles. The second-order valence-electron chi connectivity index (χ2n) is 4.96. The molecule has 0 aliphatic carbocycles. The summed E-state index contributed by atoms with van der Waals surface area (Å²) in [6.07, 6.45) is 0. The predicted octanol–water partition coefficient (Wildman–Crippen LogP) is 1.09. The number of amides is 1. The van der Waals surface area contributed by atoms with Crippen molar-refractivity contribution < 1.29 is 20.1 Å². The van der Waals surface area contributed by atoms with E-state index in [0.29, 0.717) is 16.7 Å². The Morgan fingerprint density at radius 3 is 2.45 bits per heavy atom. The smallest absolute Gasteiger partial charge is 0.256 e. The predicted molar refractivity (Wildman–Crippen MR) is 86.4 cm³/mol. The standard InChI is InChI=1S/C15H14B2NO4/c1-7-5-9(6-11(17-16)13(7)20)18-15(22)10-3-4-12(19)14(21)8(10)2/h3-6,19-21H,1-2H3,(H,18,22). The van der Waals surface area contributed by atoms with Crippen LogP contribution < -0.4 is 10.8 Å². The molecule has 5 nitrogen and oxygen atoms in total. The van der Waals surface area contributed by atoms with Crippen molar-refractivity contribution in [2.75, 3.05) is 5.32 Å². The Hall–Kier alpha value is -2.56. The SMILES string of the molecule is [B][B]c1cc(NC(=O)c2ccc(O)c(O)c2C)cc(C)c1O. The van der Waals surface area contributed by atoms with Crippen molar-refractivity contribution in [3.63, 3.8) is 0 Å². The van der Waals surface area contributed by atoms with Crippen LogP contribution >= 0.6 is 0 Å². The number of nitrogens with one attached hydrogen (secondary N) is 1. The molecule has 2 rings (SSSR count). The Labute approximate surface area is 130 Å². The van der Waals surface area contributed by atoms with E-state index in [2.05, 4.69) is 5.32 Å². The maximum Gasteiger partial charge on any atom is 0.256 e. The van der Waals surface area contributed by atoms with Crippen molar-refractivity contribution >= 4 is 32.0 Å². The van der Waals surface area contributed by atoms with Gasteiger partial charge < -0.3 is 20.6 Å². The van der Waals surface area contributed by atoms with Gasteiger partial charge in [-0.05, 0) is 43.7 Å². The van der Waals surface area contributed by atoms with Gasteiger partial charge in [0.25, 0.3) is 5.91 Å². The molecule has 0 fully saturated rings. The number of hydrogen-bond acceptors (Lipinski definition) is 4. The monoisotopic (exact) mass is 294 g/mol. The molecule has 22 heavy (non-hydrogen) atoms. The van der Waals surface area contributed by atoms with E-state index in [-0.39, 0.29) is 28.4 Å². The average Bonchev–Trinajstić information content (AvgIpc) is 2.48. The third-order valence-electron chi connectivity index (χ3n) is 3.42. The van der Waals surface area contributed by atoms with Gasteiger partial charge in [-0.2, -0.15) is 0 Å². The molecule has 0 spiro atoms. The zero-order chi connectivity index (χ0) is 16.4. The van der Waals surface area contributed by atoms with Gasteiger partial charge in [0.15, 0.2) is 11.5 Å². The first-order valence-corrected chi connectivity index (χ1v) is 6.56. The minimum atomic E-state index is -0.444. The fourth-order valence-corrected chi connectivity index (χ4v) is 2.14. The number of aromatic hydroxyl groups is 3. The van der Waals surface area contributed by atoms with Gasteiger partial charge in [-0.25, -0.2) is 0 Å². The van der Waals surface area contributed by atoms with E-state index < -0.39 is 5.91 Å². The first-order valence-electron chi connectivity index (χ1n) is 6.56. The minimum absolute atomic E-state index is 0.0546. The minimum Gasteiger partial charge on any atom is -0.508 e. The highest BCUT2D eigenvalue weighted by atomic mass is 16.3. The van der Waals surface area contributed by atoms with Crippen LogP contribution in [0.15, 0.2) is 24.3 Å². The van der Waals surface area contributed by atoms with Crippen molar-refractivity contribution in [3.8, 4) is 17.2 Å². The average molecular weight is 294 g/mol. The van der Waals surface area contributed by atoms with Crippen molar-refractivity contribution in [1.29, 1.82) is 0 Å². The van der Waals surface area contributed by atoms with E-state index >= 15 is 0 Å². The summed E-state index contributed by atoms with van der Waals surface area (Å²) in [6, 6.07) is 5.81. The Morgan fingerprint density at radius 1 is 1.14 bits per heavy atom. The number of benzene rings is 2. The number of phenolic OH excluding ortho intramolecular Hbond substituents is 3. The summed E-state index contributed by atoms with van der Waals surface area (Å²) in [5.74, 6) is -1.00. The molecule has 0 aliphatic rings. The van der Waals surface area contributed by atoms with Crippen LogP contribution in [-0.4, -0.2) is 36.1 Å². The van der Waals surface area contributed by atoms with Crippen molar-refractivity contribution in [2.24, 2.45) is 0 Å². The topological polar surface area (TPSA) is 89.8 Å². The first-order chi connectivity index (χ1) is 10.3. The highest BCUT2D eigenvalue weighted by Crippen LogP contribution is 2.31. The molecule has 0 aliphatic heterocycles. The third-order valence-corrected chi connectivity index (χ3v) is 3.42. The Morgan fingerprint density at radius 2 is 1.82 bits per heavy atom. The van der Waals surface area contributed by atoms with E-state index in [0.717, 1.165) is 0 Å². The molecule has 4 N–H and O–H groups in total. The van der Waals surface area contributed by atoms with Crippen molar-refractivity contribution in [3.05, 3.63) is 41.0 Å². The summed E-state index contributed by atoms with van der Waals surface area (Å²) < 4.78 is 0. The highest BCUT2D eigenvalue weighted by Gasteiger charge is 2.15. The summed E-state index contributed by atoms with van der Waals surface area (Å²) in [4.78, 5) is 12.3.